The molecule has 4 heteroatoms. The Bertz CT molecular complexity index is 701. The Kier molecular flexibility index (Phi) is 4.78. The Morgan fingerprint density at radius 1 is 1.29 bits per heavy atom. The molecule has 0 aliphatic carbocycles. The van der Waals surface area contributed by atoms with Gasteiger partial charge in [-0.05, 0) is 42.0 Å². The van der Waals surface area contributed by atoms with Gasteiger partial charge < -0.3 is 10.3 Å². The lowest BCUT2D eigenvalue weighted by Crippen LogP contribution is -2.22. The van der Waals surface area contributed by atoms with Crippen LogP contribution < -0.4 is 10.9 Å². The normalized spacial score (nSPS) is 11.0. The van der Waals surface area contributed by atoms with Crippen LogP contribution in [0.25, 0.3) is 10.9 Å². The summed E-state index contributed by atoms with van der Waals surface area (Å²) in [6, 6.07) is 7.76. The first-order valence-electron chi connectivity index (χ1n) is 7.35. The molecule has 0 saturated heterocycles. The topological polar surface area (TPSA) is 62.0 Å². The van der Waals surface area contributed by atoms with Gasteiger partial charge in [0.2, 0.25) is 11.5 Å². The van der Waals surface area contributed by atoms with Crippen molar-refractivity contribution in [2.75, 3.05) is 6.54 Å². The summed E-state index contributed by atoms with van der Waals surface area (Å²) >= 11 is 0. The molecular formula is C17H22N2O2. The van der Waals surface area contributed by atoms with Gasteiger partial charge in [-0.25, -0.2) is 0 Å². The minimum absolute atomic E-state index is 0.0133. The van der Waals surface area contributed by atoms with Crippen molar-refractivity contribution in [2.24, 2.45) is 5.92 Å². The largest absolute Gasteiger partial charge is 0.356 e. The quantitative estimate of drug-likeness (QED) is 0.886. The lowest BCUT2D eigenvalue weighted by Gasteiger charge is -2.10. The van der Waals surface area contributed by atoms with Gasteiger partial charge in [0.1, 0.15) is 0 Å². The van der Waals surface area contributed by atoms with Gasteiger partial charge in [-0.15, -0.1) is 0 Å². The van der Waals surface area contributed by atoms with Crippen LogP contribution in [0.5, 0.6) is 0 Å². The molecule has 112 valence electrons. The second-order valence-electron chi connectivity index (χ2n) is 5.87. The molecule has 4 nitrogen and oxygen atoms in total. The third-order valence-corrected chi connectivity index (χ3v) is 3.41. The van der Waals surface area contributed by atoms with Crippen molar-refractivity contribution in [2.45, 2.75) is 33.6 Å². The smallest absolute Gasteiger partial charge is 0.248 e. The van der Waals surface area contributed by atoms with Gasteiger partial charge in [0, 0.05) is 30.4 Å². The number of hydrogen-bond acceptors (Lipinski definition) is 2. The fraction of sp³-hybridized carbons (Fsp3) is 0.412. The van der Waals surface area contributed by atoms with E-state index in [0.29, 0.717) is 12.5 Å². The van der Waals surface area contributed by atoms with E-state index in [4.69, 9.17) is 0 Å². The second-order valence-corrected chi connectivity index (χ2v) is 5.87. The van der Waals surface area contributed by atoms with Gasteiger partial charge in [0.25, 0.3) is 0 Å². The molecule has 0 aliphatic rings. The highest BCUT2D eigenvalue weighted by Crippen LogP contribution is 2.20. The predicted molar refractivity (Wildman–Crippen MR) is 85.5 cm³/mol. The van der Waals surface area contributed by atoms with E-state index in [1.54, 1.807) is 6.07 Å². The Labute approximate surface area is 124 Å². The molecule has 2 N–H and O–H groups in total. The molecule has 1 aromatic carbocycles. The highest BCUT2D eigenvalue weighted by Gasteiger charge is 2.07. The number of carbonyl (C=O) groups excluding carboxylic acids is 1. The first-order chi connectivity index (χ1) is 9.95. The zero-order chi connectivity index (χ0) is 15.4. The number of carbonyl (C=O) groups is 1. The first kappa shape index (κ1) is 15.3. The molecule has 1 heterocycles. The molecular weight excluding hydrogens is 264 g/mol. The number of rotatable bonds is 5. The van der Waals surface area contributed by atoms with E-state index in [0.717, 1.165) is 34.9 Å². The van der Waals surface area contributed by atoms with Gasteiger partial charge in [-0.3, -0.25) is 9.59 Å². The summed E-state index contributed by atoms with van der Waals surface area (Å²) in [4.78, 5) is 25.5. The van der Waals surface area contributed by atoms with Crippen molar-refractivity contribution in [3.05, 3.63) is 45.7 Å². The average Bonchev–Trinajstić information content (AvgIpc) is 2.38. The Balaban J connectivity index is 2.33. The summed E-state index contributed by atoms with van der Waals surface area (Å²) in [5.74, 6) is 0.485. The number of amides is 1. The van der Waals surface area contributed by atoms with Crippen molar-refractivity contribution in [3.8, 4) is 0 Å². The first-order valence-corrected chi connectivity index (χ1v) is 7.35. The van der Waals surface area contributed by atoms with Gasteiger partial charge in [0.05, 0.1) is 0 Å². The predicted octanol–water partition coefficient (Wildman–Crippen LogP) is 2.41. The number of nitrogens with one attached hydrogen (secondary N) is 2. The lowest BCUT2D eigenvalue weighted by molar-refractivity contribution is -0.118. The third kappa shape index (κ3) is 4.18. The summed E-state index contributed by atoms with van der Waals surface area (Å²) < 4.78 is 0. The lowest BCUT2D eigenvalue weighted by atomic mass is 9.97. The van der Waals surface area contributed by atoms with Crippen LogP contribution in [0.4, 0.5) is 0 Å². The number of H-pyrrole nitrogens is 1. The van der Waals surface area contributed by atoms with Crippen LogP contribution in [-0.2, 0) is 17.6 Å². The molecule has 0 radical (unpaired) electrons. The number of hydrogen-bond donors (Lipinski definition) is 2. The number of aromatic nitrogens is 1. The van der Waals surface area contributed by atoms with Crippen molar-refractivity contribution in [1.82, 2.24) is 10.3 Å². The van der Waals surface area contributed by atoms with Crippen LogP contribution in [0, 0.1) is 5.92 Å². The summed E-state index contributed by atoms with van der Waals surface area (Å²) in [6.45, 7) is 6.44. The van der Waals surface area contributed by atoms with E-state index in [1.165, 1.54) is 6.92 Å². The average molecular weight is 286 g/mol. The summed E-state index contributed by atoms with van der Waals surface area (Å²) in [5, 5.41) is 3.90. The van der Waals surface area contributed by atoms with E-state index in [1.807, 2.05) is 12.1 Å². The van der Waals surface area contributed by atoms with Gasteiger partial charge in [0.15, 0.2) is 0 Å². The highest BCUT2D eigenvalue weighted by molar-refractivity contribution is 5.82. The van der Waals surface area contributed by atoms with Crippen LogP contribution in [0.15, 0.2) is 29.1 Å². The summed E-state index contributed by atoms with van der Waals surface area (Å²) in [7, 11) is 0. The summed E-state index contributed by atoms with van der Waals surface area (Å²) in [5.41, 5.74) is 3.07. The van der Waals surface area contributed by atoms with E-state index in [2.05, 4.69) is 30.2 Å². The van der Waals surface area contributed by atoms with Crippen molar-refractivity contribution < 1.29 is 4.79 Å². The molecule has 0 spiro atoms. The van der Waals surface area contributed by atoms with Gasteiger partial charge in [-0.1, -0.05) is 19.9 Å². The van der Waals surface area contributed by atoms with Gasteiger partial charge in [-0.2, -0.15) is 0 Å². The van der Waals surface area contributed by atoms with Crippen molar-refractivity contribution in [1.29, 1.82) is 0 Å². The molecule has 2 aromatic rings. The molecule has 0 unspecified atom stereocenters. The minimum atomic E-state index is -0.0517. The molecule has 0 bridgehead atoms. The molecule has 0 aliphatic heterocycles. The van der Waals surface area contributed by atoms with E-state index in [9.17, 15) is 9.59 Å². The summed E-state index contributed by atoms with van der Waals surface area (Å²) in [6.07, 6.45) is 1.67. The maximum Gasteiger partial charge on any atom is 0.248 e. The zero-order valence-corrected chi connectivity index (χ0v) is 12.8. The van der Waals surface area contributed by atoms with Crippen molar-refractivity contribution >= 4 is 16.8 Å². The molecule has 1 aromatic heterocycles. The Morgan fingerprint density at radius 3 is 2.71 bits per heavy atom. The Hall–Kier alpha value is -2.10. The molecule has 1 amide bonds. The standard InChI is InChI=1S/C17H22N2O2/c1-11(2)8-14-10-17(21)19-16-5-4-13(9-15(14)16)6-7-18-12(3)20/h4-5,9-11H,6-8H2,1-3H3,(H,18,20)(H,19,21). The van der Waals surface area contributed by atoms with E-state index < -0.39 is 0 Å². The fourth-order valence-corrected chi connectivity index (χ4v) is 2.52. The second kappa shape index (κ2) is 6.57. The van der Waals surface area contributed by atoms with Crippen LogP contribution in [0.2, 0.25) is 0 Å². The van der Waals surface area contributed by atoms with Gasteiger partial charge >= 0.3 is 0 Å². The van der Waals surface area contributed by atoms with E-state index >= 15 is 0 Å². The molecule has 0 fully saturated rings. The van der Waals surface area contributed by atoms with E-state index in [-0.39, 0.29) is 11.5 Å². The molecule has 21 heavy (non-hydrogen) atoms. The van der Waals surface area contributed by atoms with Crippen LogP contribution in [-0.4, -0.2) is 17.4 Å². The SMILES string of the molecule is CC(=O)NCCc1ccc2[nH]c(=O)cc(CC(C)C)c2c1. The zero-order valence-electron chi connectivity index (χ0n) is 12.8. The highest BCUT2D eigenvalue weighted by atomic mass is 16.1. The van der Waals surface area contributed by atoms with Crippen LogP contribution in [0.1, 0.15) is 31.9 Å². The monoisotopic (exact) mass is 286 g/mol. The van der Waals surface area contributed by atoms with Crippen LogP contribution in [0.3, 0.4) is 0 Å². The fourth-order valence-electron chi connectivity index (χ4n) is 2.52. The molecule has 0 saturated carbocycles. The number of pyridine rings is 1. The minimum Gasteiger partial charge on any atom is -0.356 e. The third-order valence-electron chi connectivity index (χ3n) is 3.41. The number of benzene rings is 1. The molecule has 0 atom stereocenters. The maximum atomic E-state index is 11.7. The maximum absolute atomic E-state index is 11.7. The Morgan fingerprint density at radius 2 is 2.05 bits per heavy atom. The number of fused-ring (bicyclic) bond motifs is 1. The number of aromatic amines is 1. The molecule has 2 rings (SSSR count). The van der Waals surface area contributed by atoms with Crippen molar-refractivity contribution in [3.63, 3.8) is 0 Å². The van der Waals surface area contributed by atoms with Crippen LogP contribution >= 0.6 is 0 Å².